The van der Waals surface area contributed by atoms with E-state index in [-0.39, 0.29) is 47.2 Å². The van der Waals surface area contributed by atoms with Crippen LogP contribution in [0.4, 0.5) is 10.8 Å². The first kappa shape index (κ1) is 28.9. The van der Waals surface area contributed by atoms with E-state index in [0.717, 1.165) is 29.7 Å². The van der Waals surface area contributed by atoms with Crippen molar-refractivity contribution in [2.24, 2.45) is 0 Å². The number of nitrogens with one attached hydrogen (secondary N) is 1. The molecule has 0 fully saturated rings. The lowest BCUT2D eigenvalue weighted by Crippen LogP contribution is -2.17. The maximum absolute atomic E-state index is 13.1. The molecule has 1 atom stereocenters. The summed E-state index contributed by atoms with van der Waals surface area (Å²) >= 11 is 2.62. The first-order valence-corrected chi connectivity index (χ1v) is 15.2. The van der Waals surface area contributed by atoms with Crippen LogP contribution in [0.25, 0.3) is 11.3 Å². The number of pyridine rings is 1. The van der Waals surface area contributed by atoms with Crippen LogP contribution < -0.4 is 11.1 Å². The number of fused-ring (bicyclic) bond motifs is 1. The monoisotopic (exact) mass is 597 g/mol. The highest BCUT2D eigenvalue weighted by Gasteiger charge is 2.31. The third-order valence-electron chi connectivity index (χ3n) is 7.02. The molecular weight excluding hydrogens is 571 g/mol. The Morgan fingerprint density at radius 2 is 1.98 bits per heavy atom. The molecule has 0 saturated heterocycles. The van der Waals surface area contributed by atoms with Crippen LogP contribution in [0, 0.1) is 22.7 Å². The molecule has 0 spiro atoms. The summed E-state index contributed by atoms with van der Waals surface area (Å²) < 4.78 is 10.8. The van der Waals surface area contributed by atoms with Crippen LogP contribution in [0.15, 0.2) is 58.2 Å². The van der Waals surface area contributed by atoms with Gasteiger partial charge in [-0.05, 0) is 55.4 Å². The molecule has 1 aliphatic carbocycles. The topological polar surface area (TPSA) is 155 Å². The Hall–Kier alpha value is -4.58. The van der Waals surface area contributed by atoms with Crippen molar-refractivity contribution in [2.45, 2.75) is 43.6 Å². The van der Waals surface area contributed by atoms with Gasteiger partial charge in [0.1, 0.15) is 39.3 Å². The summed E-state index contributed by atoms with van der Waals surface area (Å²) in [4.78, 5) is 31.4. The quantitative estimate of drug-likeness (QED) is 0.167. The summed E-state index contributed by atoms with van der Waals surface area (Å²) in [6, 6.07) is 17.7. The van der Waals surface area contributed by atoms with Gasteiger partial charge in [-0.3, -0.25) is 4.79 Å². The van der Waals surface area contributed by atoms with Crippen molar-refractivity contribution in [3.05, 3.63) is 81.4 Å². The zero-order chi connectivity index (χ0) is 29.6. The Morgan fingerprint density at radius 3 is 2.67 bits per heavy atom. The number of thioether (sulfide) groups is 1. The van der Waals surface area contributed by atoms with Gasteiger partial charge in [-0.15, -0.1) is 23.1 Å². The Labute approximate surface area is 251 Å². The van der Waals surface area contributed by atoms with E-state index in [4.69, 9.17) is 14.9 Å². The van der Waals surface area contributed by atoms with Crippen LogP contribution in [0.5, 0.6) is 0 Å². The second kappa shape index (κ2) is 12.9. The highest BCUT2D eigenvalue weighted by atomic mass is 32.2. The molecule has 5 rings (SSSR count). The number of ether oxygens (including phenoxy) is 1. The number of carbonyl (C=O) groups excluding carboxylic acids is 2. The molecule has 11 heteroatoms. The molecule has 42 heavy (non-hydrogen) atoms. The van der Waals surface area contributed by atoms with Gasteiger partial charge in [0.15, 0.2) is 0 Å². The minimum absolute atomic E-state index is 0.0214. The van der Waals surface area contributed by atoms with Gasteiger partial charge in [0.2, 0.25) is 5.91 Å². The molecule has 3 N–H and O–H groups in total. The fourth-order valence-electron chi connectivity index (χ4n) is 5.10. The molecule has 9 nitrogen and oxygen atoms in total. The zero-order valence-corrected chi connectivity index (χ0v) is 24.4. The molecule has 1 aromatic carbocycles. The van der Waals surface area contributed by atoms with Gasteiger partial charge < -0.3 is 20.2 Å². The van der Waals surface area contributed by atoms with Crippen molar-refractivity contribution in [3.63, 3.8) is 0 Å². The molecule has 3 aromatic heterocycles. The number of nitrogens with two attached hydrogens (primary N) is 1. The Balaban J connectivity index is 1.32. The normalized spacial score (nSPS) is 13.9. The minimum atomic E-state index is -0.431. The number of nitrogen functional groups attached to an aromatic ring is 1. The van der Waals surface area contributed by atoms with Gasteiger partial charge >= 0.3 is 5.97 Å². The number of anilines is 2. The van der Waals surface area contributed by atoms with Crippen LogP contribution >= 0.6 is 23.1 Å². The van der Waals surface area contributed by atoms with Gasteiger partial charge in [0, 0.05) is 17.1 Å². The largest absolute Gasteiger partial charge is 0.464 e. The van der Waals surface area contributed by atoms with E-state index >= 15 is 0 Å². The predicted molar refractivity (Wildman–Crippen MR) is 161 cm³/mol. The first-order chi connectivity index (χ1) is 20.4. The van der Waals surface area contributed by atoms with Crippen molar-refractivity contribution in [1.82, 2.24) is 4.98 Å². The number of nitrogens with zero attached hydrogens (tertiary/aromatic N) is 3. The molecule has 1 unspecified atom stereocenters. The van der Waals surface area contributed by atoms with Crippen LogP contribution in [0.1, 0.15) is 63.2 Å². The highest BCUT2D eigenvalue weighted by Crippen LogP contribution is 2.43. The van der Waals surface area contributed by atoms with Crippen LogP contribution in [-0.4, -0.2) is 29.2 Å². The van der Waals surface area contributed by atoms with Crippen molar-refractivity contribution >= 4 is 45.8 Å². The zero-order valence-electron chi connectivity index (χ0n) is 22.8. The van der Waals surface area contributed by atoms with Gasteiger partial charge in [-0.2, -0.15) is 10.5 Å². The smallest absolute Gasteiger partial charge is 0.341 e. The van der Waals surface area contributed by atoms with Crippen LogP contribution in [-0.2, 0) is 22.4 Å². The van der Waals surface area contributed by atoms with Gasteiger partial charge in [0.25, 0.3) is 0 Å². The summed E-state index contributed by atoms with van der Waals surface area (Å²) in [6.45, 7) is 2.00. The van der Waals surface area contributed by atoms with Crippen molar-refractivity contribution in [2.75, 3.05) is 23.4 Å². The maximum Gasteiger partial charge on any atom is 0.341 e. The van der Waals surface area contributed by atoms with E-state index in [0.29, 0.717) is 27.3 Å². The molecule has 3 heterocycles. The summed E-state index contributed by atoms with van der Waals surface area (Å²) in [5, 5.41) is 23.2. The lowest BCUT2D eigenvalue weighted by atomic mass is 9.83. The Morgan fingerprint density at radius 1 is 1.19 bits per heavy atom. The van der Waals surface area contributed by atoms with E-state index in [2.05, 4.69) is 28.5 Å². The summed E-state index contributed by atoms with van der Waals surface area (Å²) in [5.41, 5.74) is 9.20. The molecule has 1 aliphatic rings. The van der Waals surface area contributed by atoms with Crippen molar-refractivity contribution < 1.29 is 18.7 Å². The molecule has 0 saturated carbocycles. The number of aromatic nitrogens is 1. The molecule has 4 aromatic rings. The number of amides is 1. The molecular formula is C31H27N5O4S2. The number of esters is 1. The molecule has 0 bridgehead atoms. The fourth-order valence-corrected chi connectivity index (χ4v) is 7.37. The number of benzene rings is 1. The number of furan rings is 1. The standard InChI is InChI=1S/C31H27N5O4S2/c1-2-39-31(38)27-20-11-10-19(18-7-4-3-5-8-18)15-24(20)42-30(27)35-25(37)12-14-41-29-22(17-33)26(23-9-6-13-40-23)21(16-32)28(34)36-29/h3-9,13,19H,2,10-12,14-15H2,1H3,(H2,34,36)(H,35,37). The summed E-state index contributed by atoms with van der Waals surface area (Å²) in [7, 11) is 0. The van der Waals surface area contributed by atoms with Crippen molar-refractivity contribution in [1.29, 1.82) is 10.5 Å². The van der Waals surface area contributed by atoms with E-state index in [9.17, 15) is 20.1 Å². The predicted octanol–water partition coefficient (Wildman–Crippen LogP) is 6.30. The summed E-state index contributed by atoms with van der Waals surface area (Å²) in [5.74, 6) is 0.232. The highest BCUT2D eigenvalue weighted by molar-refractivity contribution is 7.99. The van der Waals surface area contributed by atoms with E-state index in [1.807, 2.05) is 24.3 Å². The van der Waals surface area contributed by atoms with Gasteiger partial charge in [-0.25, -0.2) is 9.78 Å². The Kier molecular flexibility index (Phi) is 8.91. The molecule has 212 valence electrons. The van der Waals surface area contributed by atoms with Crippen molar-refractivity contribution in [3.8, 4) is 23.5 Å². The van der Waals surface area contributed by atoms with E-state index in [1.165, 1.54) is 34.9 Å². The maximum atomic E-state index is 13.1. The second-order valence-corrected chi connectivity index (χ2v) is 11.7. The lowest BCUT2D eigenvalue weighted by molar-refractivity contribution is -0.115. The van der Waals surface area contributed by atoms with E-state index < -0.39 is 5.97 Å². The van der Waals surface area contributed by atoms with Gasteiger partial charge in [0.05, 0.1) is 29.6 Å². The van der Waals surface area contributed by atoms with Crippen LogP contribution in [0.3, 0.4) is 0 Å². The SMILES string of the molecule is CCOC(=O)c1c(NC(=O)CCSc2nc(N)c(C#N)c(-c3ccco3)c2C#N)sc2c1CCC(c1ccccc1)C2. The van der Waals surface area contributed by atoms with E-state index in [1.54, 1.807) is 19.1 Å². The molecule has 1 amide bonds. The third kappa shape index (κ3) is 5.89. The van der Waals surface area contributed by atoms with Gasteiger partial charge in [-0.1, -0.05) is 30.3 Å². The number of hydrogen-bond donors (Lipinski definition) is 2. The second-order valence-electron chi connectivity index (χ2n) is 9.55. The number of thiophene rings is 1. The number of nitriles is 2. The average molecular weight is 598 g/mol. The molecule has 0 radical (unpaired) electrons. The lowest BCUT2D eigenvalue weighted by Gasteiger charge is -2.23. The molecule has 0 aliphatic heterocycles. The fraction of sp³-hybridized carbons (Fsp3) is 0.258. The first-order valence-electron chi connectivity index (χ1n) is 13.4. The number of hydrogen-bond acceptors (Lipinski definition) is 10. The third-order valence-corrected chi connectivity index (χ3v) is 9.17. The summed E-state index contributed by atoms with van der Waals surface area (Å²) in [6.07, 6.45) is 3.96. The minimum Gasteiger partial charge on any atom is -0.464 e. The number of carbonyl (C=O) groups is 2. The Bertz CT molecular complexity index is 1700. The van der Waals surface area contributed by atoms with Crippen LogP contribution in [0.2, 0.25) is 0 Å². The number of rotatable bonds is 9. The average Bonchev–Trinajstić information content (AvgIpc) is 3.65.